The number of aliphatic hydroxyl groups excluding tert-OH is 1. The van der Waals surface area contributed by atoms with Crippen molar-refractivity contribution in [1.82, 2.24) is 9.97 Å². The smallest absolute Gasteiger partial charge is 0.134 e. The van der Waals surface area contributed by atoms with Crippen LogP contribution in [-0.4, -0.2) is 54.5 Å². The molecule has 1 aliphatic heterocycles. The highest BCUT2D eigenvalue weighted by molar-refractivity contribution is 5.48. The fraction of sp³-hybridized carbons (Fsp3) is 0.778. The van der Waals surface area contributed by atoms with E-state index in [9.17, 15) is 5.11 Å². The van der Waals surface area contributed by atoms with E-state index in [1.165, 1.54) is 32.1 Å². The largest absolute Gasteiger partial charge is 0.396 e. The summed E-state index contributed by atoms with van der Waals surface area (Å²) in [7, 11) is 0. The molecule has 0 radical (unpaired) electrons. The molecular formula is C18H30N4O2. The maximum absolute atomic E-state index is 9.70. The fourth-order valence-corrected chi connectivity index (χ4v) is 3.77. The van der Waals surface area contributed by atoms with Crippen LogP contribution in [0.4, 0.5) is 11.6 Å². The van der Waals surface area contributed by atoms with Crippen LogP contribution in [0.25, 0.3) is 0 Å². The van der Waals surface area contributed by atoms with Gasteiger partial charge in [-0.1, -0.05) is 32.1 Å². The molecule has 6 nitrogen and oxygen atoms in total. The van der Waals surface area contributed by atoms with E-state index >= 15 is 0 Å². The number of aromatic nitrogens is 2. The summed E-state index contributed by atoms with van der Waals surface area (Å²) in [5.41, 5.74) is 0. The molecule has 1 saturated heterocycles. The number of hydrogen-bond acceptors (Lipinski definition) is 6. The molecule has 1 aromatic rings. The molecule has 0 bridgehead atoms. The van der Waals surface area contributed by atoms with Crippen molar-refractivity contribution in [1.29, 1.82) is 0 Å². The summed E-state index contributed by atoms with van der Waals surface area (Å²) in [6, 6.07) is 2.00. The standard InChI is InChI=1S/C18H30N4O2/c23-13-16(10-15-4-2-1-3-5-15)12-19-17-11-18(21-14-20-17)22-6-8-24-9-7-22/h11,14-16,23H,1-10,12-13H2,(H,19,20,21). The van der Waals surface area contributed by atoms with Crippen molar-refractivity contribution in [2.75, 3.05) is 49.7 Å². The van der Waals surface area contributed by atoms with Crippen LogP contribution in [0.3, 0.4) is 0 Å². The first-order chi connectivity index (χ1) is 11.8. The summed E-state index contributed by atoms with van der Waals surface area (Å²) in [5.74, 6) is 2.87. The number of anilines is 2. The van der Waals surface area contributed by atoms with Crippen LogP contribution in [0.1, 0.15) is 38.5 Å². The van der Waals surface area contributed by atoms with E-state index in [1.807, 2.05) is 6.07 Å². The first-order valence-electron chi connectivity index (χ1n) is 9.34. The third-order valence-electron chi connectivity index (χ3n) is 5.21. The fourth-order valence-electron chi connectivity index (χ4n) is 3.77. The van der Waals surface area contributed by atoms with Gasteiger partial charge in [0.2, 0.25) is 0 Å². The highest BCUT2D eigenvalue weighted by atomic mass is 16.5. The second-order valence-electron chi connectivity index (χ2n) is 7.03. The topological polar surface area (TPSA) is 70.5 Å². The Kier molecular flexibility index (Phi) is 6.66. The molecule has 3 rings (SSSR count). The number of ether oxygens (including phenoxy) is 1. The number of hydrogen-bond donors (Lipinski definition) is 2. The molecule has 2 aliphatic rings. The minimum Gasteiger partial charge on any atom is -0.396 e. The lowest BCUT2D eigenvalue weighted by atomic mass is 9.83. The van der Waals surface area contributed by atoms with Gasteiger partial charge in [-0.2, -0.15) is 0 Å². The average molecular weight is 334 g/mol. The van der Waals surface area contributed by atoms with Gasteiger partial charge >= 0.3 is 0 Å². The number of nitrogens with one attached hydrogen (secondary N) is 1. The zero-order chi connectivity index (χ0) is 16.6. The van der Waals surface area contributed by atoms with Crippen molar-refractivity contribution in [2.45, 2.75) is 38.5 Å². The molecule has 1 aromatic heterocycles. The first kappa shape index (κ1) is 17.4. The number of rotatable bonds is 7. The average Bonchev–Trinajstić information content (AvgIpc) is 2.67. The second-order valence-corrected chi connectivity index (χ2v) is 7.03. The van der Waals surface area contributed by atoms with Crippen LogP contribution in [0, 0.1) is 11.8 Å². The summed E-state index contributed by atoms with van der Waals surface area (Å²) in [5, 5.41) is 13.1. The minimum atomic E-state index is 0.241. The molecule has 24 heavy (non-hydrogen) atoms. The van der Waals surface area contributed by atoms with Crippen LogP contribution in [0.5, 0.6) is 0 Å². The molecule has 0 spiro atoms. The van der Waals surface area contributed by atoms with Gasteiger partial charge in [-0.05, 0) is 18.3 Å². The number of morpholine rings is 1. The molecule has 1 unspecified atom stereocenters. The maximum atomic E-state index is 9.70. The lowest BCUT2D eigenvalue weighted by Crippen LogP contribution is -2.36. The summed E-state index contributed by atoms with van der Waals surface area (Å²) < 4.78 is 5.39. The van der Waals surface area contributed by atoms with E-state index in [1.54, 1.807) is 6.33 Å². The molecular weight excluding hydrogens is 304 g/mol. The predicted molar refractivity (Wildman–Crippen MR) is 95.3 cm³/mol. The van der Waals surface area contributed by atoms with Crippen molar-refractivity contribution in [2.24, 2.45) is 11.8 Å². The molecule has 1 atom stereocenters. The Morgan fingerprint density at radius 2 is 2.00 bits per heavy atom. The maximum Gasteiger partial charge on any atom is 0.134 e. The van der Waals surface area contributed by atoms with Gasteiger partial charge in [0.25, 0.3) is 0 Å². The minimum absolute atomic E-state index is 0.241. The van der Waals surface area contributed by atoms with Gasteiger partial charge in [0.15, 0.2) is 0 Å². The summed E-state index contributed by atoms with van der Waals surface area (Å²) in [4.78, 5) is 10.9. The predicted octanol–water partition coefficient (Wildman–Crippen LogP) is 2.30. The van der Waals surface area contributed by atoms with Crippen molar-refractivity contribution in [3.8, 4) is 0 Å². The lowest BCUT2D eigenvalue weighted by molar-refractivity contribution is 0.122. The third kappa shape index (κ3) is 5.05. The van der Waals surface area contributed by atoms with Gasteiger partial charge in [-0.3, -0.25) is 0 Å². The van der Waals surface area contributed by atoms with Crippen molar-refractivity contribution in [3.05, 3.63) is 12.4 Å². The van der Waals surface area contributed by atoms with Crippen molar-refractivity contribution < 1.29 is 9.84 Å². The van der Waals surface area contributed by atoms with Crippen LogP contribution in [0.15, 0.2) is 12.4 Å². The van der Waals surface area contributed by atoms with Crippen molar-refractivity contribution >= 4 is 11.6 Å². The van der Waals surface area contributed by atoms with Crippen LogP contribution in [-0.2, 0) is 4.74 Å². The molecule has 6 heteroatoms. The number of nitrogens with zero attached hydrogens (tertiary/aromatic N) is 3. The van der Waals surface area contributed by atoms with Crippen LogP contribution >= 0.6 is 0 Å². The molecule has 0 amide bonds. The van der Waals surface area contributed by atoms with E-state index in [2.05, 4.69) is 20.2 Å². The zero-order valence-electron chi connectivity index (χ0n) is 14.5. The summed E-state index contributed by atoms with van der Waals surface area (Å²) in [6.07, 6.45) is 9.46. The number of aliphatic hydroxyl groups is 1. The molecule has 0 aromatic carbocycles. The third-order valence-corrected chi connectivity index (χ3v) is 5.21. The summed E-state index contributed by atoms with van der Waals surface area (Å²) in [6.45, 7) is 4.26. The normalized spacial score (nSPS) is 20.8. The monoisotopic (exact) mass is 334 g/mol. The van der Waals surface area contributed by atoms with Crippen LogP contribution in [0.2, 0.25) is 0 Å². The van der Waals surface area contributed by atoms with Gasteiger partial charge in [-0.15, -0.1) is 0 Å². The molecule has 134 valence electrons. The molecule has 1 aliphatic carbocycles. The van der Waals surface area contributed by atoms with E-state index in [4.69, 9.17) is 4.74 Å². The highest BCUT2D eigenvalue weighted by Crippen LogP contribution is 2.29. The Morgan fingerprint density at radius 1 is 1.21 bits per heavy atom. The molecule has 2 heterocycles. The van der Waals surface area contributed by atoms with E-state index in [0.29, 0.717) is 5.92 Å². The van der Waals surface area contributed by atoms with Gasteiger partial charge in [0, 0.05) is 32.3 Å². The van der Waals surface area contributed by atoms with Crippen molar-refractivity contribution in [3.63, 3.8) is 0 Å². The van der Waals surface area contributed by atoms with Gasteiger partial charge in [0.1, 0.15) is 18.0 Å². The molecule has 2 fully saturated rings. The Morgan fingerprint density at radius 3 is 2.75 bits per heavy atom. The molecule has 2 N–H and O–H groups in total. The lowest BCUT2D eigenvalue weighted by Gasteiger charge is -2.28. The quantitative estimate of drug-likeness (QED) is 0.797. The van der Waals surface area contributed by atoms with Gasteiger partial charge < -0.3 is 20.1 Å². The Hall–Kier alpha value is -1.40. The summed E-state index contributed by atoms with van der Waals surface area (Å²) >= 11 is 0. The first-order valence-corrected chi connectivity index (χ1v) is 9.34. The second kappa shape index (κ2) is 9.18. The Bertz CT molecular complexity index is 488. The van der Waals surface area contributed by atoms with E-state index in [-0.39, 0.29) is 6.61 Å². The Labute approximate surface area is 144 Å². The highest BCUT2D eigenvalue weighted by Gasteiger charge is 2.19. The van der Waals surface area contributed by atoms with Crippen LogP contribution < -0.4 is 10.2 Å². The molecule has 1 saturated carbocycles. The zero-order valence-corrected chi connectivity index (χ0v) is 14.5. The SMILES string of the molecule is OCC(CNc1cc(N2CCOCC2)ncn1)CC1CCCCC1. The Balaban J connectivity index is 1.50. The van der Waals surface area contributed by atoms with E-state index < -0.39 is 0 Å². The van der Waals surface area contributed by atoms with E-state index in [0.717, 1.165) is 56.8 Å². The van der Waals surface area contributed by atoms with Gasteiger partial charge in [-0.25, -0.2) is 9.97 Å². The van der Waals surface area contributed by atoms with Gasteiger partial charge in [0.05, 0.1) is 13.2 Å².